The van der Waals surface area contributed by atoms with Gasteiger partial charge in [0.15, 0.2) is 5.15 Å². The third-order valence-corrected chi connectivity index (χ3v) is 8.67. The van der Waals surface area contributed by atoms with Crippen LogP contribution in [0.25, 0.3) is 11.0 Å². The molecule has 1 saturated carbocycles. The number of piperidine rings is 1. The predicted molar refractivity (Wildman–Crippen MR) is 152 cm³/mol. The summed E-state index contributed by atoms with van der Waals surface area (Å²) in [7, 11) is 1.93. The van der Waals surface area contributed by atoms with Gasteiger partial charge in [-0.3, -0.25) is 14.8 Å². The second-order valence-corrected chi connectivity index (χ2v) is 11.8. The molecule has 0 spiro atoms. The Kier molecular flexibility index (Phi) is 7.02. The van der Waals surface area contributed by atoms with Gasteiger partial charge in [-0.2, -0.15) is 10.4 Å². The summed E-state index contributed by atoms with van der Waals surface area (Å²) >= 11 is 6.37. The molecule has 2 fully saturated rings. The van der Waals surface area contributed by atoms with Crippen molar-refractivity contribution in [2.24, 2.45) is 18.9 Å². The van der Waals surface area contributed by atoms with Gasteiger partial charge in [-0.1, -0.05) is 30.7 Å². The number of nitrogens with zero attached hydrogens (tertiary/aromatic N) is 7. The lowest BCUT2D eigenvalue weighted by Crippen LogP contribution is -2.43. The minimum absolute atomic E-state index is 0.00317. The molecule has 2 N–H and O–H groups in total. The molecule has 1 aliphatic heterocycles. The van der Waals surface area contributed by atoms with E-state index in [0.717, 1.165) is 49.3 Å². The first-order chi connectivity index (χ1) is 19.3. The number of aromatic nitrogens is 6. The molecule has 1 aromatic carbocycles. The number of H-pyrrole nitrogens is 1. The molecule has 1 atom stereocenters. The van der Waals surface area contributed by atoms with Crippen LogP contribution in [-0.2, 0) is 25.4 Å². The molecule has 0 unspecified atom stereocenters. The third-order valence-electron chi connectivity index (χ3n) is 8.40. The highest BCUT2D eigenvalue weighted by atomic mass is 35.5. The number of aromatic amines is 1. The van der Waals surface area contributed by atoms with Crippen LogP contribution in [-0.4, -0.2) is 53.8 Å². The van der Waals surface area contributed by atoms with E-state index in [4.69, 9.17) is 11.6 Å². The van der Waals surface area contributed by atoms with Gasteiger partial charge in [0, 0.05) is 43.6 Å². The lowest BCUT2D eigenvalue weighted by Gasteiger charge is -2.45. The molecule has 1 amide bonds. The van der Waals surface area contributed by atoms with Crippen molar-refractivity contribution in [1.82, 2.24) is 34.8 Å². The number of hydrogen-bond donors (Lipinski definition) is 2. The number of likely N-dealkylation sites (tertiary alicyclic amines) is 1. The molecule has 3 aromatic heterocycles. The summed E-state index contributed by atoms with van der Waals surface area (Å²) in [6, 6.07) is 12.1. The minimum Gasteiger partial charge on any atom is -0.321 e. The number of carbonyl (C=O) groups excluding carboxylic acids is 1. The zero-order valence-electron chi connectivity index (χ0n) is 22.7. The van der Waals surface area contributed by atoms with Gasteiger partial charge in [0.1, 0.15) is 28.9 Å². The van der Waals surface area contributed by atoms with E-state index in [2.05, 4.69) is 54.7 Å². The van der Waals surface area contributed by atoms with Crippen molar-refractivity contribution in [2.75, 3.05) is 18.4 Å². The highest BCUT2D eigenvalue weighted by molar-refractivity contribution is 6.33. The molecule has 4 aromatic rings. The molecule has 1 saturated heterocycles. The summed E-state index contributed by atoms with van der Waals surface area (Å²) in [5, 5.41) is 28.4. The standard InChI is InChI=1S/C29H32ClN9O/c1-18-5-4-8-39(15-18)16-20-9-23(34-26-25(20)36-37-27(26)30)28(40)33-22-7-3-6-21(10-22)29(11-19(12-29)14-31)13-24-35-32-17-38(24)2/h3,6-7,9-10,17-19H,4-5,8,11-13,15-16H2,1-2H3,(H,33,40)(H,36,37)/t18-,19?,29?/m0/s1. The number of aryl methyl sites for hydroxylation is 1. The van der Waals surface area contributed by atoms with E-state index >= 15 is 0 Å². The molecule has 6 rings (SSSR count). The zero-order chi connectivity index (χ0) is 27.9. The van der Waals surface area contributed by atoms with Crippen molar-refractivity contribution in [3.05, 3.63) is 64.5 Å². The molecular formula is C29H32ClN9O. The Balaban J connectivity index is 1.26. The number of hydrogen-bond acceptors (Lipinski definition) is 7. The fourth-order valence-corrected chi connectivity index (χ4v) is 6.46. The van der Waals surface area contributed by atoms with E-state index in [0.29, 0.717) is 46.5 Å². The largest absolute Gasteiger partial charge is 0.321 e. The molecular weight excluding hydrogens is 526 g/mol. The third kappa shape index (κ3) is 5.07. The molecule has 0 bridgehead atoms. The lowest BCUT2D eigenvalue weighted by atomic mass is 9.57. The minimum atomic E-state index is -0.310. The summed E-state index contributed by atoms with van der Waals surface area (Å²) in [6.07, 6.45) is 6.24. The number of rotatable bonds is 7. The van der Waals surface area contributed by atoms with Crippen LogP contribution < -0.4 is 5.32 Å². The Morgan fingerprint density at radius 2 is 2.15 bits per heavy atom. The summed E-state index contributed by atoms with van der Waals surface area (Å²) in [5.41, 5.74) is 3.94. The van der Waals surface area contributed by atoms with Gasteiger partial charge in [0.25, 0.3) is 5.91 Å². The number of nitriles is 1. The monoisotopic (exact) mass is 557 g/mol. The summed E-state index contributed by atoms with van der Waals surface area (Å²) in [5.74, 6) is 1.20. The van der Waals surface area contributed by atoms with Gasteiger partial charge < -0.3 is 9.88 Å². The number of halogens is 1. The van der Waals surface area contributed by atoms with Crippen molar-refractivity contribution in [2.45, 2.75) is 51.0 Å². The number of pyridine rings is 1. The summed E-state index contributed by atoms with van der Waals surface area (Å²) < 4.78 is 1.91. The molecule has 4 heterocycles. The maximum absolute atomic E-state index is 13.5. The van der Waals surface area contributed by atoms with Gasteiger partial charge in [-0.05, 0) is 67.5 Å². The van der Waals surface area contributed by atoms with E-state index < -0.39 is 0 Å². The van der Waals surface area contributed by atoms with Crippen LogP contribution in [0.1, 0.15) is 60.0 Å². The molecule has 1 aliphatic carbocycles. The van der Waals surface area contributed by atoms with Crippen LogP contribution in [0.4, 0.5) is 5.69 Å². The average molecular weight is 558 g/mol. The van der Waals surface area contributed by atoms with Gasteiger partial charge in [0.05, 0.1) is 6.07 Å². The van der Waals surface area contributed by atoms with Crippen LogP contribution in [0.2, 0.25) is 5.15 Å². The number of carbonyl (C=O) groups is 1. The number of benzene rings is 1. The van der Waals surface area contributed by atoms with Crippen molar-refractivity contribution in [3.8, 4) is 6.07 Å². The Bertz CT molecular complexity index is 1600. The summed E-state index contributed by atoms with van der Waals surface area (Å²) in [4.78, 5) is 20.5. The Morgan fingerprint density at radius 3 is 2.90 bits per heavy atom. The molecule has 2 aliphatic rings. The molecule has 40 heavy (non-hydrogen) atoms. The number of fused-ring (bicyclic) bond motifs is 1. The van der Waals surface area contributed by atoms with E-state index in [-0.39, 0.29) is 17.2 Å². The molecule has 11 heteroatoms. The molecule has 206 valence electrons. The van der Waals surface area contributed by atoms with Gasteiger partial charge in [-0.25, -0.2) is 4.98 Å². The number of nitrogens with one attached hydrogen (secondary N) is 2. The van der Waals surface area contributed by atoms with E-state index in [9.17, 15) is 10.1 Å². The topological polar surface area (TPSA) is 128 Å². The number of anilines is 1. The molecule has 0 radical (unpaired) electrons. The zero-order valence-corrected chi connectivity index (χ0v) is 23.4. The fourth-order valence-electron chi connectivity index (χ4n) is 6.28. The predicted octanol–water partition coefficient (Wildman–Crippen LogP) is 4.64. The van der Waals surface area contributed by atoms with Gasteiger partial charge in [0.2, 0.25) is 0 Å². The second kappa shape index (κ2) is 10.6. The van der Waals surface area contributed by atoms with Crippen molar-refractivity contribution in [3.63, 3.8) is 0 Å². The Hall–Kier alpha value is -3.81. The van der Waals surface area contributed by atoms with E-state index in [1.54, 1.807) is 6.33 Å². The Morgan fingerprint density at radius 1 is 1.30 bits per heavy atom. The first kappa shape index (κ1) is 26.4. The maximum atomic E-state index is 13.5. The first-order valence-corrected chi connectivity index (χ1v) is 14.1. The van der Waals surface area contributed by atoms with Crippen molar-refractivity contribution >= 4 is 34.2 Å². The highest BCUT2D eigenvalue weighted by Crippen LogP contribution is 2.50. The van der Waals surface area contributed by atoms with Gasteiger partial charge in [-0.15, -0.1) is 10.2 Å². The maximum Gasteiger partial charge on any atom is 0.274 e. The van der Waals surface area contributed by atoms with Crippen LogP contribution in [0, 0.1) is 23.2 Å². The smallest absolute Gasteiger partial charge is 0.274 e. The van der Waals surface area contributed by atoms with Crippen LogP contribution in [0.5, 0.6) is 0 Å². The van der Waals surface area contributed by atoms with Crippen molar-refractivity contribution in [1.29, 1.82) is 5.26 Å². The number of amides is 1. The van der Waals surface area contributed by atoms with E-state index in [1.807, 2.05) is 35.9 Å². The Labute approximate surface area is 237 Å². The quantitative estimate of drug-likeness (QED) is 0.339. The lowest BCUT2D eigenvalue weighted by molar-refractivity contribution is 0.102. The fraction of sp³-hybridized carbons (Fsp3) is 0.448. The van der Waals surface area contributed by atoms with Crippen LogP contribution in [0.3, 0.4) is 0 Å². The van der Waals surface area contributed by atoms with Crippen molar-refractivity contribution < 1.29 is 4.79 Å². The molecule has 10 nitrogen and oxygen atoms in total. The highest BCUT2D eigenvalue weighted by Gasteiger charge is 2.46. The SMILES string of the molecule is C[C@H]1CCCN(Cc2cc(C(=O)Nc3cccc(C4(Cc5nncn5C)CC(C#N)C4)c3)nc3c(Cl)[nH]nc23)C1. The van der Waals surface area contributed by atoms with Crippen LogP contribution in [0.15, 0.2) is 36.7 Å². The normalized spacial score (nSPS) is 23.1. The van der Waals surface area contributed by atoms with E-state index in [1.165, 1.54) is 6.42 Å². The average Bonchev–Trinajstić information content (AvgIpc) is 3.50. The second-order valence-electron chi connectivity index (χ2n) is 11.5. The van der Waals surface area contributed by atoms with Gasteiger partial charge >= 0.3 is 0 Å². The van der Waals surface area contributed by atoms with Crippen LogP contribution >= 0.6 is 11.6 Å². The first-order valence-electron chi connectivity index (χ1n) is 13.7. The summed E-state index contributed by atoms with van der Waals surface area (Å²) in [6.45, 7) is 4.99.